The van der Waals surface area contributed by atoms with Crippen molar-refractivity contribution in [1.29, 1.82) is 0 Å². The second kappa shape index (κ2) is 5.94. The quantitative estimate of drug-likeness (QED) is 0.821. The minimum atomic E-state index is -0.589. The normalized spacial score (nSPS) is 11.9. The Bertz CT molecular complexity index is 541. The van der Waals surface area contributed by atoms with Gasteiger partial charge in [0.1, 0.15) is 5.75 Å². The molecule has 1 amide bonds. The number of hydrogen-bond acceptors (Lipinski definition) is 5. The maximum Gasteiger partial charge on any atom is 0.261 e. The fourth-order valence-electron chi connectivity index (χ4n) is 1.51. The maximum atomic E-state index is 11.8. The van der Waals surface area contributed by atoms with Gasteiger partial charge in [0.25, 0.3) is 5.91 Å². The molecule has 0 saturated carbocycles. The zero-order valence-corrected chi connectivity index (χ0v) is 10.8. The number of carbonyl (C=O) groups excluding carboxylic acids is 1. The highest BCUT2D eigenvalue weighted by Crippen LogP contribution is 2.14. The minimum absolute atomic E-state index is 0.219. The van der Waals surface area contributed by atoms with Crippen LogP contribution in [0.2, 0.25) is 0 Å². The number of amides is 1. The summed E-state index contributed by atoms with van der Waals surface area (Å²) >= 11 is 0. The number of ether oxygens (including phenoxy) is 1. The average molecular weight is 261 g/mol. The molecule has 1 atom stereocenters. The van der Waals surface area contributed by atoms with E-state index < -0.39 is 6.10 Å². The molecule has 7 heteroatoms. The summed E-state index contributed by atoms with van der Waals surface area (Å²) < 4.78 is 5.55. The first-order valence-corrected chi connectivity index (χ1v) is 5.88. The van der Waals surface area contributed by atoms with Crippen LogP contribution in [0.4, 0.5) is 0 Å². The van der Waals surface area contributed by atoms with Gasteiger partial charge in [0, 0.05) is 0 Å². The lowest BCUT2D eigenvalue weighted by Gasteiger charge is -2.14. The van der Waals surface area contributed by atoms with Gasteiger partial charge in [-0.3, -0.25) is 4.79 Å². The van der Waals surface area contributed by atoms with Crippen LogP contribution in [0, 0.1) is 6.92 Å². The van der Waals surface area contributed by atoms with Gasteiger partial charge in [0.2, 0.25) is 0 Å². The van der Waals surface area contributed by atoms with Gasteiger partial charge in [0.15, 0.2) is 11.9 Å². The molecule has 0 radical (unpaired) electrons. The van der Waals surface area contributed by atoms with Crippen molar-refractivity contribution in [3.05, 3.63) is 35.7 Å². The van der Waals surface area contributed by atoms with Crippen molar-refractivity contribution in [2.24, 2.45) is 0 Å². The third kappa shape index (κ3) is 3.77. The smallest absolute Gasteiger partial charge is 0.261 e. The van der Waals surface area contributed by atoms with E-state index in [1.165, 1.54) is 0 Å². The van der Waals surface area contributed by atoms with Crippen molar-refractivity contribution in [2.75, 3.05) is 0 Å². The largest absolute Gasteiger partial charge is 0.481 e. The van der Waals surface area contributed by atoms with E-state index in [0.29, 0.717) is 11.6 Å². The summed E-state index contributed by atoms with van der Waals surface area (Å²) in [6.45, 7) is 3.87. The molecule has 0 bridgehead atoms. The minimum Gasteiger partial charge on any atom is -0.481 e. The summed E-state index contributed by atoms with van der Waals surface area (Å²) in [5, 5.41) is 15.9. The molecule has 19 heavy (non-hydrogen) atoms. The topological polar surface area (TPSA) is 92.8 Å². The summed E-state index contributed by atoms with van der Waals surface area (Å²) in [7, 11) is 0. The Balaban J connectivity index is 1.85. The molecule has 1 aromatic heterocycles. The molecule has 0 aliphatic rings. The molecule has 1 unspecified atom stereocenters. The highest BCUT2D eigenvalue weighted by molar-refractivity contribution is 5.80. The Morgan fingerprint density at radius 2 is 2.37 bits per heavy atom. The molecule has 2 aromatic rings. The van der Waals surface area contributed by atoms with Crippen LogP contribution in [0.1, 0.15) is 18.3 Å². The molecule has 0 aliphatic heterocycles. The van der Waals surface area contributed by atoms with Gasteiger partial charge in [-0.1, -0.05) is 17.3 Å². The second-order valence-electron chi connectivity index (χ2n) is 4.12. The lowest BCUT2D eigenvalue weighted by molar-refractivity contribution is -0.127. The predicted molar refractivity (Wildman–Crippen MR) is 67.3 cm³/mol. The Kier molecular flexibility index (Phi) is 4.07. The number of H-pyrrole nitrogens is 1. The lowest BCUT2D eigenvalue weighted by atomic mass is 10.2. The Morgan fingerprint density at radius 1 is 1.53 bits per heavy atom. The van der Waals surface area contributed by atoms with Crippen LogP contribution in [0.3, 0.4) is 0 Å². The molecule has 0 fully saturated rings. The molecule has 0 spiro atoms. The number of aromatic nitrogens is 4. The monoisotopic (exact) mass is 261 g/mol. The van der Waals surface area contributed by atoms with E-state index in [2.05, 4.69) is 25.9 Å². The molecular formula is C12H15N5O2. The van der Waals surface area contributed by atoms with Crippen LogP contribution in [0.5, 0.6) is 5.75 Å². The van der Waals surface area contributed by atoms with Crippen molar-refractivity contribution in [1.82, 2.24) is 25.9 Å². The highest BCUT2D eigenvalue weighted by atomic mass is 16.5. The number of carbonyl (C=O) groups is 1. The molecule has 2 rings (SSSR count). The van der Waals surface area contributed by atoms with Gasteiger partial charge < -0.3 is 10.1 Å². The number of nitrogens with zero attached hydrogens (tertiary/aromatic N) is 3. The predicted octanol–water partition coefficient (Wildman–Crippen LogP) is 0.592. The number of rotatable bonds is 5. The molecule has 0 aliphatic carbocycles. The summed E-state index contributed by atoms with van der Waals surface area (Å²) in [6, 6.07) is 7.54. The van der Waals surface area contributed by atoms with E-state index in [4.69, 9.17) is 4.74 Å². The molecular weight excluding hydrogens is 246 g/mol. The van der Waals surface area contributed by atoms with E-state index in [1.807, 2.05) is 31.2 Å². The number of aryl methyl sites for hydroxylation is 1. The Labute approximate surface area is 110 Å². The van der Waals surface area contributed by atoms with Crippen LogP contribution >= 0.6 is 0 Å². The first-order valence-electron chi connectivity index (χ1n) is 5.88. The van der Waals surface area contributed by atoms with Gasteiger partial charge in [-0.05, 0) is 31.5 Å². The standard InChI is InChI=1S/C12H15N5O2/c1-8-4-3-5-10(6-8)19-9(2)12(18)13-7-11-14-16-17-15-11/h3-6,9H,7H2,1-2H3,(H,13,18)(H,14,15,16,17). The van der Waals surface area contributed by atoms with Crippen molar-refractivity contribution >= 4 is 5.91 Å². The van der Waals surface area contributed by atoms with Gasteiger partial charge in [0.05, 0.1) is 6.54 Å². The van der Waals surface area contributed by atoms with Crippen molar-refractivity contribution in [3.8, 4) is 5.75 Å². The first kappa shape index (κ1) is 13.0. The van der Waals surface area contributed by atoms with Crippen molar-refractivity contribution < 1.29 is 9.53 Å². The number of nitrogens with one attached hydrogen (secondary N) is 2. The van der Waals surface area contributed by atoms with E-state index >= 15 is 0 Å². The maximum absolute atomic E-state index is 11.8. The van der Waals surface area contributed by atoms with Crippen LogP contribution in [-0.2, 0) is 11.3 Å². The molecule has 1 aromatic carbocycles. The van der Waals surface area contributed by atoms with E-state index in [9.17, 15) is 4.79 Å². The Hall–Kier alpha value is -2.44. The van der Waals surface area contributed by atoms with E-state index in [1.54, 1.807) is 6.92 Å². The van der Waals surface area contributed by atoms with Gasteiger partial charge in [-0.15, -0.1) is 10.2 Å². The molecule has 1 heterocycles. The lowest BCUT2D eigenvalue weighted by Crippen LogP contribution is -2.36. The number of hydrogen-bond donors (Lipinski definition) is 2. The third-order valence-electron chi connectivity index (χ3n) is 2.48. The summed E-state index contributed by atoms with van der Waals surface area (Å²) in [5.41, 5.74) is 1.08. The fraction of sp³-hybridized carbons (Fsp3) is 0.333. The van der Waals surface area contributed by atoms with Crippen molar-refractivity contribution in [3.63, 3.8) is 0 Å². The van der Waals surface area contributed by atoms with Crippen LogP contribution in [-0.4, -0.2) is 32.6 Å². The third-order valence-corrected chi connectivity index (χ3v) is 2.48. The summed E-state index contributed by atoms with van der Waals surface area (Å²) in [5.74, 6) is 0.865. The first-order chi connectivity index (χ1) is 9.15. The van der Waals surface area contributed by atoms with Gasteiger partial charge >= 0.3 is 0 Å². The average Bonchev–Trinajstić information content (AvgIpc) is 2.89. The van der Waals surface area contributed by atoms with E-state index in [-0.39, 0.29) is 12.5 Å². The fourth-order valence-corrected chi connectivity index (χ4v) is 1.51. The summed E-state index contributed by atoms with van der Waals surface area (Å²) in [4.78, 5) is 11.8. The number of tetrazole rings is 1. The highest BCUT2D eigenvalue weighted by Gasteiger charge is 2.14. The zero-order valence-electron chi connectivity index (χ0n) is 10.8. The van der Waals surface area contributed by atoms with Crippen LogP contribution < -0.4 is 10.1 Å². The van der Waals surface area contributed by atoms with Crippen LogP contribution in [0.25, 0.3) is 0 Å². The molecule has 100 valence electrons. The molecule has 2 N–H and O–H groups in total. The van der Waals surface area contributed by atoms with Gasteiger partial charge in [-0.2, -0.15) is 5.21 Å². The Morgan fingerprint density at radius 3 is 3.05 bits per heavy atom. The number of aromatic amines is 1. The molecule has 7 nitrogen and oxygen atoms in total. The number of benzene rings is 1. The van der Waals surface area contributed by atoms with E-state index in [0.717, 1.165) is 5.56 Å². The zero-order chi connectivity index (χ0) is 13.7. The molecule has 0 saturated heterocycles. The second-order valence-corrected chi connectivity index (χ2v) is 4.12. The van der Waals surface area contributed by atoms with Crippen LogP contribution in [0.15, 0.2) is 24.3 Å². The summed E-state index contributed by atoms with van der Waals surface area (Å²) in [6.07, 6.45) is -0.589. The van der Waals surface area contributed by atoms with Crippen molar-refractivity contribution in [2.45, 2.75) is 26.5 Å². The SMILES string of the molecule is Cc1cccc(OC(C)C(=O)NCc2nn[nH]n2)c1. The van der Waals surface area contributed by atoms with Gasteiger partial charge in [-0.25, -0.2) is 0 Å².